The van der Waals surface area contributed by atoms with Crippen LogP contribution in [-0.2, 0) is 9.53 Å². The number of carbonyl (C=O) groups excluding carboxylic acids is 1. The van der Waals surface area contributed by atoms with Gasteiger partial charge in [0.1, 0.15) is 0 Å². The fourth-order valence-corrected chi connectivity index (χ4v) is 3.29. The largest absolute Gasteiger partial charge is 0.466 e. The Labute approximate surface area is 163 Å². The summed E-state index contributed by atoms with van der Waals surface area (Å²) in [5.74, 6) is 0.897. The Kier molecular flexibility index (Phi) is 9.45. The molecule has 0 amide bonds. The van der Waals surface area contributed by atoms with E-state index in [9.17, 15) is 4.79 Å². The average molecular weight is 372 g/mol. The second-order valence-electron chi connectivity index (χ2n) is 6.73. The predicted molar refractivity (Wildman–Crippen MR) is 112 cm³/mol. The van der Waals surface area contributed by atoms with Gasteiger partial charge in [0.15, 0.2) is 5.96 Å². The zero-order chi connectivity index (χ0) is 19.3. The number of benzene rings is 1. The Morgan fingerprint density at radius 3 is 2.63 bits per heavy atom. The van der Waals surface area contributed by atoms with Gasteiger partial charge in [0.05, 0.1) is 6.61 Å². The molecule has 0 bridgehead atoms. The molecule has 0 spiro atoms. The van der Waals surface area contributed by atoms with Crippen molar-refractivity contribution >= 4 is 17.5 Å². The Balaban J connectivity index is 1.64. The van der Waals surface area contributed by atoms with Crippen molar-refractivity contribution in [1.82, 2.24) is 10.2 Å². The first-order valence-corrected chi connectivity index (χ1v) is 10.1. The van der Waals surface area contributed by atoms with Gasteiger partial charge < -0.3 is 15.0 Å². The van der Waals surface area contributed by atoms with Crippen LogP contribution in [0.4, 0.5) is 0 Å². The molecule has 5 nitrogen and oxygen atoms in total. The van der Waals surface area contributed by atoms with E-state index in [1.165, 1.54) is 11.1 Å². The van der Waals surface area contributed by atoms with Gasteiger partial charge in [0, 0.05) is 33.1 Å². The average Bonchev–Trinajstić information content (AvgIpc) is 2.71. The van der Waals surface area contributed by atoms with Crippen molar-refractivity contribution in [1.29, 1.82) is 0 Å². The summed E-state index contributed by atoms with van der Waals surface area (Å²) in [6.45, 7) is 5.11. The minimum absolute atomic E-state index is 0.0796. The molecule has 5 heteroatoms. The van der Waals surface area contributed by atoms with E-state index in [4.69, 9.17) is 4.74 Å². The van der Waals surface area contributed by atoms with Crippen molar-refractivity contribution < 1.29 is 9.53 Å². The molecule has 0 atom stereocenters. The Hall–Kier alpha value is -2.30. The number of nitrogens with one attached hydrogen (secondary N) is 1. The highest BCUT2D eigenvalue weighted by atomic mass is 16.5. The molecule has 0 radical (unpaired) electrons. The number of hydrogen-bond acceptors (Lipinski definition) is 3. The molecule has 0 aliphatic carbocycles. The van der Waals surface area contributed by atoms with Crippen LogP contribution in [0.15, 0.2) is 41.4 Å². The van der Waals surface area contributed by atoms with Crippen molar-refractivity contribution in [3.8, 4) is 0 Å². The molecule has 0 unspecified atom stereocenters. The van der Waals surface area contributed by atoms with E-state index in [2.05, 4.69) is 51.6 Å². The van der Waals surface area contributed by atoms with E-state index >= 15 is 0 Å². The Bertz CT molecular complexity index is 626. The fourth-order valence-electron chi connectivity index (χ4n) is 3.29. The van der Waals surface area contributed by atoms with Gasteiger partial charge in [0.25, 0.3) is 0 Å². The number of unbranched alkanes of at least 4 members (excludes halogenated alkanes) is 3. The lowest BCUT2D eigenvalue weighted by molar-refractivity contribution is -0.143. The van der Waals surface area contributed by atoms with Crippen molar-refractivity contribution in [2.75, 3.05) is 33.3 Å². The van der Waals surface area contributed by atoms with Gasteiger partial charge in [-0.15, -0.1) is 0 Å². The SMILES string of the molecule is CCOC(=O)CCCCCCNC(=NC)N1CC=C(c2ccccc2)CC1. The first-order chi connectivity index (χ1) is 13.2. The van der Waals surface area contributed by atoms with Gasteiger partial charge in [-0.1, -0.05) is 49.2 Å². The molecular weight excluding hydrogens is 338 g/mol. The number of ether oxygens (including phenoxy) is 1. The third-order valence-electron chi connectivity index (χ3n) is 4.76. The van der Waals surface area contributed by atoms with Gasteiger partial charge in [-0.25, -0.2) is 0 Å². The van der Waals surface area contributed by atoms with Crippen LogP contribution in [0.1, 0.15) is 51.0 Å². The van der Waals surface area contributed by atoms with Gasteiger partial charge >= 0.3 is 5.97 Å². The molecule has 27 heavy (non-hydrogen) atoms. The summed E-state index contributed by atoms with van der Waals surface area (Å²) >= 11 is 0. The molecule has 148 valence electrons. The van der Waals surface area contributed by atoms with Crippen molar-refractivity contribution in [2.45, 2.75) is 45.4 Å². The topological polar surface area (TPSA) is 53.9 Å². The summed E-state index contributed by atoms with van der Waals surface area (Å²) in [6.07, 6.45) is 8.05. The molecular formula is C22H33N3O2. The van der Waals surface area contributed by atoms with Gasteiger partial charge in [0.2, 0.25) is 0 Å². The highest BCUT2D eigenvalue weighted by molar-refractivity contribution is 5.81. The summed E-state index contributed by atoms with van der Waals surface area (Å²) in [4.78, 5) is 18.0. The lowest BCUT2D eigenvalue weighted by atomic mass is 10.00. The fraction of sp³-hybridized carbons (Fsp3) is 0.545. The van der Waals surface area contributed by atoms with Crippen molar-refractivity contribution in [3.63, 3.8) is 0 Å². The highest BCUT2D eigenvalue weighted by Crippen LogP contribution is 2.21. The predicted octanol–water partition coefficient (Wildman–Crippen LogP) is 3.86. The van der Waals surface area contributed by atoms with Crippen LogP contribution >= 0.6 is 0 Å². The summed E-state index contributed by atoms with van der Waals surface area (Å²) in [5.41, 5.74) is 2.74. The number of carbonyl (C=O) groups is 1. The molecule has 1 N–H and O–H groups in total. The minimum atomic E-state index is -0.0796. The van der Waals surface area contributed by atoms with Crippen LogP contribution in [0.3, 0.4) is 0 Å². The highest BCUT2D eigenvalue weighted by Gasteiger charge is 2.15. The maximum Gasteiger partial charge on any atom is 0.305 e. The Morgan fingerprint density at radius 2 is 1.96 bits per heavy atom. The van der Waals surface area contributed by atoms with Crippen LogP contribution < -0.4 is 5.32 Å². The number of esters is 1. The smallest absolute Gasteiger partial charge is 0.305 e. The molecule has 1 aliphatic heterocycles. The molecule has 2 rings (SSSR count). The van der Waals surface area contributed by atoms with Crippen molar-refractivity contribution in [3.05, 3.63) is 42.0 Å². The van der Waals surface area contributed by atoms with Crippen molar-refractivity contribution in [2.24, 2.45) is 4.99 Å². The lowest BCUT2D eigenvalue weighted by Gasteiger charge is -2.29. The summed E-state index contributed by atoms with van der Waals surface area (Å²) in [6, 6.07) is 10.6. The molecule has 1 heterocycles. The normalized spacial score (nSPS) is 14.7. The second-order valence-corrected chi connectivity index (χ2v) is 6.73. The van der Waals surface area contributed by atoms with E-state index in [1.54, 1.807) is 0 Å². The van der Waals surface area contributed by atoms with E-state index in [-0.39, 0.29) is 5.97 Å². The molecule has 0 fully saturated rings. The first kappa shape index (κ1) is 21.0. The van der Waals surface area contributed by atoms with Gasteiger partial charge in [-0.3, -0.25) is 9.79 Å². The zero-order valence-corrected chi connectivity index (χ0v) is 16.7. The summed E-state index contributed by atoms with van der Waals surface area (Å²) < 4.78 is 4.94. The molecule has 1 aromatic carbocycles. The quantitative estimate of drug-likeness (QED) is 0.310. The summed E-state index contributed by atoms with van der Waals surface area (Å²) in [7, 11) is 1.85. The minimum Gasteiger partial charge on any atom is -0.466 e. The first-order valence-electron chi connectivity index (χ1n) is 10.1. The molecule has 0 saturated carbocycles. The molecule has 1 aliphatic rings. The monoisotopic (exact) mass is 371 g/mol. The molecule has 1 aromatic rings. The zero-order valence-electron chi connectivity index (χ0n) is 16.7. The molecule has 0 saturated heterocycles. The number of rotatable bonds is 9. The number of hydrogen-bond donors (Lipinski definition) is 1. The van der Waals surface area contributed by atoms with Crippen LogP contribution in [0, 0.1) is 0 Å². The third-order valence-corrected chi connectivity index (χ3v) is 4.76. The number of aliphatic imine (C=N–C) groups is 1. The van der Waals surface area contributed by atoms with E-state index in [0.29, 0.717) is 13.0 Å². The standard InChI is InChI=1S/C22H33N3O2/c1-3-27-21(26)13-9-4-5-10-16-24-22(23-2)25-17-14-20(15-18-25)19-11-7-6-8-12-19/h6-8,11-12,14H,3-5,9-10,13,15-18H2,1-2H3,(H,23,24). The van der Waals surface area contributed by atoms with Crippen LogP contribution in [-0.4, -0.2) is 50.1 Å². The Morgan fingerprint density at radius 1 is 1.19 bits per heavy atom. The lowest BCUT2D eigenvalue weighted by Crippen LogP contribution is -2.43. The number of guanidine groups is 1. The second kappa shape index (κ2) is 12.2. The van der Waals surface area contributed by atoms with E-state index in [1.807, 2.05) is 14.0 Å². The summed E-state index contributed by atoms with van der Waals surface area (Å²) in [5, 5.41) is 3.47. The maximum atomic E-state index is 11.3. The van der Waals surface area contributed by atoms with Gasteiger partial charge in [-0.05, 0) is 37.3 Å². The maximum absolute atomic E-state index is 11.3. The molecule has 0 aromatic heterocycles. The van der Waals surface area contributed by atoms with Gasteiger partial charge in [-0.2, -0.15) is 0 Å². The van der Waals surface area contributed by atoms with E-state index in [0.717, 1.165) is 57.7 Å². The van der Waals surface area contributed by atoms with E-state index < -0.39 is 0 Å². The van der Waals surface area contributed by atoms with Crippen LogP contribution in [0.5, 0.6) is 0 Å². The number of nitrogens with zero attached hydrogens (tertiary/aromatic N) is 2. The van der Waals surface area contributed by atoms with Crippen LogP contribution in [0.25, 0.3) is 5.57 Å². The van der Waals surface area contributed by atoms with Crippen LogP contribution in [0.2, 0.25) is 0 Å². The third kappa shape index (κ3) is 7.45.